The van der Waals surface area contributed by atoms with Gasteiger partial charge in [-0.2, -0.15) is 0 Å². The van der Waals surface area contributed by atoms with E-state index in [0.717, 1.165) is 19.3 Å². The Morgan fingerprint density at radius 1 is 1.06 bits per heavy atom. The highest BCUT2D eigenvalue weighted by Crippen LogP contribution is 2.29. The Kier molecular flexibility index (Phi) is 5.25. The van der Waals surface area contributed by atoms with Gasteiger partial charge in [-0.05, 0) is 26.7 Å². The van der Waals surface area contributed by atoms with Crippen LogP contribution in [0.4, 0.5) is 4.79 Å². The van der Waals surface area contributed by atoms with Crippen LogP contribution in [-0.2, 0) is 14.3 Å². The standard InChI is InChI=1S/C12H21NO4/c1-3-16-10(14)12(8-6-5-7-9-12)13-11(15)17-4-2/h3-9H2,1-2H3,(H,13,15). The summed E-state index contributed by atoms with van der Waals surface area (Å²) in [6.45, 7) is 4.12. The summed E-state index contributed by atoms with van der Waals surface area (Å²) >= 11 is 0. The first kappa shape index (κ1) is 13.8. The summed E-state index contributed by atoms with van der Waals surface area (Å²) in [6, 6.07) is 0. The fraction of sp³-hybridized carbons (Fsp3) is 0.833. The Labute approximate surface area is 102 Å². The number of ether oxygens (including phenoxy) is 2. The van der Waals surface area contributed by atoms with E-state index in [1.807, 2.05) is 0 Å². The van der Waals surface area contributed by atoms with Crippen molar-refractivity contribution in [3.63, 3.8) is 0 Å². The molecule has 0 bridgehead atoms. The zero-order chi connectivity index (χ0) is 12.7. The van der Waals surface area contributed by atoms with Gasteiger partial charge >= 0.3 is 12.1 Å². The normalized spacial score (nSPS) is 18.2. The topological polar surface area (TPSA) is 64.6 Å². The van der Waals surface area contributed by atoms with Gasteiger partial charge in [-0.15, -0.1) is 0 Å². The second-order valence-electron chi connectivity index (χ2n) is 4.21. The molecule has 5 heteroatoms. The second-order valence-corrected chi connectivity index (χ2v) is 4.21. The Bertz CT molecular complexity index is 272. The molecule has 1 aliphatic carbocycles. The zero-order valence-corrected chi connectivity index (χ0v) is 10.6. The Balaban J connectivity index is 2.70. The minimum absolute atomic E-state index is 0.296. The number of rotatable bonds is 4. The highest BCUT2D eigenvalue weighted by Gasteiger charge is 2.42. The number of esters is 1. The van der Waals surface area contributed by atoms with Gasteiger partial charge < -0.3 is 14.8 Å². The van der Waals surface area contributed by atoms with E-state index in [4.69, 9.17) is 9.47 Å². The van der Waals surface area contributed by atoms with Crippen molar-refractivity contribution in [2.45, 2.75) is 51.5 Å². The molecule has 0 aromatic carbocycles. The predicted octanol–water partition coefficient (Wildman–Crippen LogP) is 2.00. The molecular weight excluding hydrogens is 222 g/mol. The largest absolute Gasteiger partial charge is 0.464 e. The number of amides is 1. The van der Waals surface area contributed by atoms with Gasteiger partial charge in [0.15, 0.2) is 0 Å². The van der Waals surface area contributed by atoms with Crippen LogP contribution in [0, 0.1) is 0 Å². The van der Waals surface area contributed by atoms with Crippen molar-refractivity contribution >= 4 is 12.1 Å². The molecule has 0 radical (unpaired) electrons. The van der Waals surface area contributed by atoms with E-state index >= 15 is 0 Å². The van der Waals surface area contributed by atoms with Gasteiger partial charge in [-0.3, -0.25) is 0 Å². The number of hydrogen-bond donors (Lipinski definition) is 1. The van der Waals surface area contributed by atoms with Gasteiger partial charge in [0.25, 0.3) is 0 Å². The lowest BCUT2D eigenvalue weighted by Gasteiger charge is -2.34. The molecule has 0 aromatic heterocycles. The van der Waals surface area contributed by atoms with Crippen molar-refractivity contribution < 1.29 is 19.1 Å². The number of hydrogen-bond acceptors (Lipinski definition) is 4. The predicted molar refractivity (Wildman–Crippen MR) is 62.6 cm³/mol. The molecule has 1 amide bonds. The van der Waals surface area contributed by atoms with Crippen LogP contribution in [0.15, 0.2) is 0 Å². The number of carbonyl (C=O) groups excluding carboxylic acids is 2. The van der Waals surface area contributed by atoms with Gasteiger partial charge in [0.2, 0.25) is 0 Å². The molecule has 0 aromatic rings. The van der Waals surface area contributed by atoms with E-state index in [0.29, 0.717) is 26.1 Å². The minimum atomic E-state index is -0.874. The molecule has 1 aliphatic rings. The number of nitrogens with one attached hydrogen (secondary N) is 1. The molecule has 17 heavy (non-hydrogen) atoms. The van der Waals surface area contributed by atoms with E-state index in [1.54, 1.807) is 13.8 Å². The summed E-state index contributed by atoms with van der Waals surface area (Å²) in [6.07, 6.45) is 3.65. The summed E-state index contributed by atoms with van der Waals surface area (Å²) in [7, 11) is 0. The van der Waals surface area contributed by atoms with Crippen LogP contribution in [0.1, 0.15) is 46.0 Å². The van der Waals surface area contributed by atoms with Gasteiger partial charge in [-0.25, -0.2) is 9.59 Å². The first-order valence-electron chi connectivity index (χ1n) is 6.27. The summed E-state index contributed by atoms with van der Waals surface area (Å²) in [5.41, 5.74) is -0.874. The minimum Gasteiger partial charge on any atom is -0.464 e. The molecule has 1 rings (SSSR count). The van der Waals surface area contributed by atoms with Crippen LogP contribution < -0.4 is 5.32 Å². The SMILES string of the molecule is CCOC(=O)NC1(C(=O)OCC)CCCCC1. The maximum absolute atomic E-state index is 12.0. The van der Waals surface area contributed by atoms with E-state index in [2.05, 4.69) is 5.32 Å². The molecule has 1 N–H and O–H groups in total. The van der Waals surface area contributed by atoms with Gasteiger partial charge in [-0.1, -0.05) is 19.3 Å². The maximum Gasteiger partial charge on any atom is 0.408 e. The molecule has 1 fully saturated rings. The Morgan fingerprint density at radius 3 is 2.18 bits per heavy atom. The molecule has 0 unspecified atom stereocenters. The summed E-state index contributed by atoms with van der Waals surface area (Å²) in [5, 5.41) is 2.68. The first-order valence-corrected chi connectivity index (χ1v) is 6.27. The lowest BCUT2D eigenvalue weighted by Crippen LogP contribution is -2.56. The van der Waals surface area contributed by atoms with Crippen LogP contribution in [0.5, 0.6) is 0 Å². The smallest absolute Gasteiger partial charge is 0.408 e. The lowest BCUT2D eigenvalue weighted by molar-refractivity contribution is -0.152. The molecule has 98 valence electrons. The van der Waals surface area contributed by atoms with Crippen LogP contribution in [-0.4, -0.2) is 30.8 Å². The summed E-state index contributed by atoms with van der Waals surface area (Å²) < 4.78 is 9.89. The van der Waals surface area contributed by atoms with Crippen LogP contribution in [0.25, 0.3) is 0 Å². The van der Waals surface area contributed by atoms with Crippen LogP contribution in [0.3, 0.4) is 0 Å². The number of carbonyl (C=O) groups is 2. The van der Waals surface area contributed by atoms with E-state index in [9.17, 15) is 9.59 Å². The van der Waals surface area contributed by atoms with Gasteiger partial charge in [0.1, 0.15) is 5.54 Å². The maximum atomic E-state index is 12.0. The summed E-state index contributed by atoms with van der Waals surface area (Å²) in [4.78, 5) is 23.5. The number of alkyl carbamates (subject to hydrolysis) is 1. The fourth-order valence-electron chi connectivity index (χ4n) is 2.17. The molecular formula is C12H21NO4. The molecule has 0 atom stereocenters. The third kappa shape index (κ3) is 3.61. The van der Waals surface area contributed by atoms with Gasteiger partial charge in [0, 0.05) is 0 Å². The van der Waals surface area contributed by atoms with Crippen molar-refractivity contribution in [2.24, 2.45) is 0 Å². The van der Waals surface area contributed by atoms with Crippen LogP contribution >= 0.6 is 0 Å². The van der Waals surface area contributed by atoms with Crippen molar-refractivity contribution in [1.29, 1.82) is 0 Å². The molecule has 5 nitrogen and oxygen atoms in total. The fourth-order valence-corrected chi connectivity index (χ4v) is 2.17. The van der Waals surface area contributed by atoms with Crippen LogP contribution in [0.2, 0.25) is 0 Å². The summed E-state index contributed by atoms with van der Waals surface area (Å²) in [5.74, 6) is -0.340. The quantitative estimate of drug-likeness (QED) is 0.767. The average molecular weight is 243 g/mol. The highest BCUT2D eigenvalue weighted by molar-refractivity contribution is 5.85. The zero-order valence-electron chi connectivity index (χ0n) is 10.6. The highest BCUT2D eigenvalue weighted by atomic mass is 16.6. The first-order chi connectivity index (χ1) is 8.14. The molecule has 0 heterocycles. The molecule has 0 saturated heterocycles. The molecule has 0 aliphatic heterocycles. The third-order valence-electron chi connectivity index (χ3n) is 2.99. The Hall–Kier alpha value is -1.26. The lowest BCUT2D eigenvalue weighted by atomic mass is 9.82. The Morgan fingerprint density at radius 2 is 1.65 bits per heavy atom. The van der Waals surface area contributed by atoms with Crippen molar-refractivity contribution in [1.82, 2.24) is 5.32 Å². The van der Waals surface area contributed by atoms with Crippen molar-refractivity contribution in [3.8, 4) is 0 Å². The van der Waals surface area contributed by atoms with Crippen molar-refractivity contribution in [2.75, 3.05) is 13.2 Å². The monoisotopic (exact) mass is 243 g/mol. The van der Waals surface area contributed by atoms with E-state index < -0.39 is 11.6 Å². The van der Waals surface area contributed by atoms with Gasteiger partial charge in [0.05, 0.1) is 13.2 Å². The van der Waals surface area contributed by atoms with E-state index in [-0.39, 0.29) is 5.97 Å². The third-order valence-corrected chi connectivity index (χ3v) is 2.99. The second kappa shape index (κ2) is 6.47. The van der Waals surface area contributed by atoms with E-state index in [1.165, 1.54) is 0 Å². The molecule has 1 saturated carbocycles. The molecule has 0 spiro atoms. The van der Waals surface area contributed by atoms with Crippen molar-refractivity contribution in [3.05, 3.63) is 0 Å². The average Bonchev–Trinajstić information content (AvgIpc) is 2.30.